The van der Waals surface area contributed by atoms with Crippen molar-refractivity contribution in [2.45, 2.75) is 38.5 Å². The molecule has 3 heterocycles. The summed E-state index contributed by atoms with van der Waals surface area (Å²) < 4.78 is 7.95. The molecule has 0 aliphatic carbocycles. The van der Waals surface area contributed by atoms with E-state index in [2.05, 4.69) is 11.9 Å². The molecule has 8 nitrogen and oxygen atoms in total. The van der Waals surface area contributed by atoms with Crippen LogP contribution in [0.15, 0.2) is 75.0 Å². The topological polar surface area (TPSA) is 80.7 Å². The summed E-state index contributed by atoms with van der Waals surface area (Å²) in [5.74, 6) is 0.423. The molecule has 0 radical (unpaired) electrons. The summed E-state index contributed by atoms with van der Waals surface area (Å²) in [7, 11) is 2.06. The van der Waals surface area contributed by atoms with Gasteiger partial charge in [-0.2, -0.15) is 0 Å². The lowest BCUT2D eigenvalue weighted by Crippen LogP contribution is -2.49. The summed E-state index contributed by atoms with van der Waals surface area (Å²) in [5, 5.41) is 0. The van der Waals surface area contributed by atoms with E-state index in [0.717, 1.165) is 36.1 Å². The Bertz CT molecular complexity index is 1140. The number of hydrogen-bond acceptors (Lipinski definition) is 5. The number of nitrogens with zero attached hydrogens (tertiary/aromatic N) is 4. The summed E-state index contributed by atoms with van der Waals surface area (Å²) in [6.45, 7) is 2.14. The first-order valence-corrected chi connectivity index (χ1v) is 10.9. The van der Waals surface area contributed by atoms with Gasteiger partial charge in [0, 0.05) is 18.3 Å². The Labute approximate surface area is 186 Å². The molecule has 0 bridgehead atoms. The maximum absolute atomic E-state index is 13.4. The second-order valence-corrected chi connectivity index (χ2v) is 8.27. The highest BCUT2D eigenvalue weighted by Crippen LogP contribution is 2.19. The third-order valence-electron chi connectivity index (χ3n) is 5.98. The average molecular weight is 437 g/mol. The highest BCUT2D eigenvalue weighted by molar-refractivity contribution is 5.76. The monoisotopic (exact) mass is 436 g/mol. The first-order chi connectivity index (χ1) is 15.5. The molecule has 1 aliphatic rings. The summed E-state index contributed by atoms with van der Waals surface area (Å²) >= 11 is 0. The van der Waals surface area contributed by atoms with E-state index in [1.54, 1.807) is 17.2 Å². The van der Waals surface area contributed by atoms with Gasteiger partial charge < -0.3 is 14.2 Å². The van der Waals surface area contributed by atoms with Crippen LogP contribution in [0, 0.1) is 0 Å². The third kappa shape index (κ3) is 5.08. The predicted octanol–water partition coefficient (Wildman–Crippen LogP) is 1.77. The van der Waals surface area contributed by atoms with Crippen LogP contribution in [-0.2, 0) is 24.4 Å². The number of likely N-dealkylation sites (tertiary alicyclic amines) is 1. The number of furan rings is 1. The van der Waals surface area contributed by atoms with Gasteiger partial charge in [-0.3, -0.25) is 18.7 Å². The first kappa shape index (κ1) is 21.8. The van der Waals surface area contributed by atoms with Crippen molar-refractivity contribution in [3.8, 4) is 0 Å². The van der Waals surface area contributed by atoms with Gasteiger partial charge in [0.25, 0.3) is 5.56 Å². The number of hydrogen-bond donors (Lipinski definition) is 0. The van der Waals surface area contributed by atoms with Crippen molar-refractivity contribution in [1.29, 1.82) is 0 Å². The Morgan fingerprint density at radius 3 is 2.50 bits per heavy atom. The standard InChI is InChI=1S/C24H28N4O4/c1-25-12-9-20(10-13-25)27(17-21-8-5-15-32-21)23(30)18-28-22(29)11-14-26(24(28)31)16-19-6-3-2-4-7-19/h2-8,11,14-15,20H,9-10,12-13,16-18H2,1H3. The van der Waals surface area contributed by atoms with E-state index in [9.17, 15) is 14.4 Å². The van der Waals surface area contributed by atoms with Crippen LogP contribution in [0.25, 0.3) is 0 Å². The molecule has 8 heteroatoms. The molecular formula is C24H28N4O4. The normalized spacial score (nSPS) is 15.0. The van der Waals surface area contributed by atoms with Crippen LogP contribution >= 0.6 is 0 Å². The average Bonchev–Trinajstić information content (AvgIpc) is 3.32. The number of amides is 1. The van der Waals surface area contributed by atoms with Gasteiger partial charge in [-0.05, 0) is 50.7 Å². The predicted molar refractivity (Wildman–Crippen MR) is 120 cm³/mol. The zero-order valence-electron chi connectivity index (χ0n) is 18.2. The lowest BCUT2D eigenvalue weighted by Gasteiger charge is -2.37. The fourth-order valence-electron chi connectivity index (χ4n) is 4.13. The quantitative estimate of drug-likeness (QED) is 0.564. The largest absolute Gasteiger partial charge is 0.467 e. The SMILES string of the molecule is CN1CCC(N(Cc2ccco2)C(=O)Cn2c(=O)ccn(Cc3ccccc3)c2=O)CC1. The Kier molecular flexibility index (Phi) is 6.70. The van der Waals surface area contributed by atoms with Crippen molar-refractivity contribution in [1.82, 2.24) is 18.9 Å². The molecule has 4 rings (SSSR count). The third-order valence-corrected chi connectivity index (χ3v) is 5.98. The van der Waals surface area contributed by atoms with Crippen molar-refractivity contribution in [2.75, 3.05) is 20.1 Å². The highest BCUT2D eigenvalue weighted by atomic mass is 16.3. The molecule has 0 unspecified atom stereocenters. The maximum atomic E-state index is 13.4. The van der Waals surface area contributed by atoms with Crippen LogP contribution in [-0.4, -0.2) is 51.0 Å². The Balaban J connectivity index is 1.57. The van der Waals surface area contributed by atoms with Crippen LogP contribution in [0.2, 0.25) is 0 Å². The van der Waals surface area contributed by atoms with Gasteiger partial charge in [0.1, 0.15) is 12.3 Å². The Morgan fingerprint density at radius 1 is 1.06 bits per heavy atom. The summed E-state index contributed by atoms with van der Waals surface area (Å²) in [6, 6.07) is 14.5. The van der Waals surface area contributed by atoms with Crippen LogP contribution in [0.3, 0.4) is 0 Å². The number of carbonyl (C=O) groups excluding carboxylic acids is 1. The number of rotatable bonds is 7. The van der Waals surface area contributed by atoms with Gasteiger partial charge in [-0.15, -0.1) is 0 Å². The first-order valence-electron chi connectivity index (χ1n) is 10.9. The fourth-order valence-corrected chi connectivity index (χ4v) is 4.13. The van der Waals surface area contributed by atoms with Gasteiger partial charge in [0.05, 0.1) is 19.4 Å². The van der Waals surface area contributed by atoms with Crippen molar-refractivity contribution in [3.63, 3.8) is 0 Å². The number of benzene rings is 1. The van der Waals surface area contributed by atoms with Crippen molar-refractivity contribution >= 4 is 5.91 Å². The Hall–Kier alpha value is -3.39. The van der Waals surface area contributed by atoms with Crippen LogP contribution in [0.5, 0.6) is 0 Å². The number of carbonyl (C=O) groups is 1. The molecule has 0 saturated carbocycles. The molecule has 1 aliphatic heterocycles. The van der Waals surface area contributed by atoms with E-state index in [1.165, 1.54) is 16.8 Å². The summed E-state index contributed by atoms with van der Waals surface area (Å²) in [6.07, 6.45) is 4.74. The molecular weight excluding hydrogens is 408 g/mol. The lowest BCUT2D eigenvalue weighted by atomic mass is 10.0. The smallest absolute Gasteiger partial charge is 0.331 e. The van der Waals surface area contributed by atoms with E-state index in [1.807, 2.05) is 36.4 Å². The Morgan fingerprint density at radius 2 is 1.81 bits per heavy atom. The van der Waals surface area contributed by atoms with Crippen molar-refractivity contribution in [3.05, 3.63) is 93.2 Å². The molecule has 0 spiro atoms. The fraction of sp³-hybridized carbons (Fsp3) is 0.375. The zero-order valence-corrected chi connectivity index (χ0v) is 18.2. The highest BCUT2D eigenvalue weighted by Gasteiger charge is 2.28. The molecule has 1 saturated heterocycles. The minimum absolute atomic E-state index is 0.0368. The second kappa shape index (κ2) is 9.82. The molecule has 2 aromatic heterocycles. The van der Waals surface area contributed by atoms with E-state index in [0.29, 0.717) is 18.8 Å². The molecule has 1 fully saturated rings. The number of aromatic nitrogens is 2. The molecule has 1 aromatic carbocycles. The molecule has 168 valence electrons. The van der Waals surface area contributed by atoms with Crippen LogP contribution < -0.4 is 11.2 Å². The van der Waals surface area contributed by atoms with Gasteiger partial charge >= 0.3 is 5.69 Å². The van der Waals surface area contributed by atoms with Gasteiger partial charge in [-0.1, -0.05) is 30.3 Å². The molecule has 0 N–H and O–H groups in total. The minimum atomic E-state index is -0.490. The molecule has 3 aromatic rings. The zero-order chi connectivity index (χ0) is 22.5. The lowest BCUT2D eigenvalue weighted by molar-refractivity contribution is -0.136. The minimum Gasteiger partial charge on any atom is -0.467 e. The second-order valence-electron chi connectivity index (χ2n) is 8.27. The van der Waals surface area contributed by atoms with E-state index in [-0.39, 0.29) is 18.5 Å². The van der Waals surface area contributed by atoms with Gasteiger partial charge in [0.2, 0.25) is 5.91 Å². The van der Waals surface area contributed by atoms with Gasteiger partial charge in [-0.25, -0.2) is 4.79 Å². The van der Waals surface area contributed by atoms with Gasteiger partial charge in [0.15, 0.2) is 0 Å². The van der Waals surface area contributed by atoms with Crippen molar-refractivity contribution < 1.29 is 9.21 Å². The summed E-state index contributed by atoms with van der Waals surface area (Å²) in [5.41, 5.74) is -0.0260. The molecule has 1 amide bonds. The summed E-state index contributed by atoms with van der Waals surface area (Å²) in [4.78, 5) is 42.9. The van der Waals surface area contributed by atoms with Crippen molar-refractivity contribution in [2.24, 2.45) is 0 Å². The van der Waals surface area contributed by atoms with Crippen LogP contribution in [0.1, 0.15) is 24.2 Å². The van der Waals surface area contributed by atoms with E-state index in [4.69, 9.17) is 4.42 Å². The van der Waals surface area contributed by atoms with Crippen LogP contribution in [0.4, 0.5) is 0 Å². The molecule has 0 atom stereocenters. The number of piperidine rings is 1. The molecule has 32 heavy (non-hydrogen) atoms. The maximum Gasteiger partial charge on any atom is 0.331 e. The van der Waals surface area contributed by atoms with E-state index < -0.39 is 11.2 Å². The van der Waals surface area contributed by atoms with E-state index >= 15 is 0 Å².